The molecule has 0 spiro atoms. The van der Waals surface area contributed by atoms with Crippen LogP contribution in [0.4, 0.5) is 5.13 Å². The molecule has 1 aliphatic carbocycles. The summed E-state index contributed by atoms with van der Waals surface area (Å²) in [4.78, 5) is 20.5. The van der Waals surface area contributed by atoms with Gasteiger partial charge in [-0.2, -0.15) is 4.31 Å². The van der Waals surface area contributed by atoms with Crippen LogP contribution in [-0.2, 0) is 16.6 Å². The van der Waals surface area contributed by atoms with Crippen LogP contribution in [0, 0.1) is 6.92 Å². The summed E-state index contributed by atoms with van der Waals surface area (Å²) in [6.07, 6.45) is 5.02. The molecule has 0 saturated heterocycles. The number of rotatable bonds is 7. The van der Waals surface area contributed by atoms with E-state index in [2.05, 4.69) is 0 Å². The van der Waals surface area contributed by atoms with Gasteiger partial charge in [0.15, 0.2) is 5.13 Å². The first kappa shape index (κ1) is 26.8. The van der Waals surface area contributed by atoms with Crippen LogP contribution in [0.1, 0.15) is 53.6 Å². The fourth-order valence-corrected chi connectivity index (χ4v) is 7.52. The number of sulfonamides is 1. The summed E-state index contributed by atoms with van der Waals surface area (Å²) in [6.45, 7) is 2.25. The molecular weight excluding hydrogens is 538 g/mol. The Kier molecular flexibility index (Phi) is 7.86. The lowest BCUT2D eigenvalue weighted by Gasteiger charge is -2.30. The number of nitrogens with zero attached hydrogens (tertiary/aromatic N) is 3. The molecule has 198 valence electrons. The van der Waals surface area contributed by atoms with E-state index in [0.29, 0.717) is 22.3 Å². The van der Waals surface area contributed by atoms with Crippen LogP contribution in [0.5, 0.6) is 0 Å². The third-order valence-electron chi connectivity index (χ3n) is 7.26. The maximum atomic E-state index is 13.8. The maximum Gasteiger partial charge on any atom is 0.260 e. The van der Waals surface area contributed by atoms with Crippen LogP contribution in [-0.4, -0.2) is 36.7 Å². The van der Waals surface area contributed by atoms with Crippen LogP contribution < -0.4 is 4.90 Å². The van der Waals surface area contributed by atoms with Gasteiger partial charge in [0.2, 0.25) is 10.0 Å². The number of thiazole rings is 1. The van der Waals surface area contributed by atoms with Gasteiger partial charge in [0.05, 0.1) is 21.7 Å². The fourth-order valence-electron chi connectivity index (χ4n) is 4.93. The van der Waals surface area contributed by atoms with Gasteiger partial charge in [-0.25, -0.2) is 13.4 Å². The number of halogens is 1. The Bertz CT molecular complexity index is 1550. The van der Waals surface area contributed by atoms with Crippen LogP contribution in [0.3, 0.4) is 0 Å². The van der Waals surface area contributed by atoms with E-state index in [1.54, 1.807) is 24.1 Å². The molecule has 6 nitrogen and oxygen atoms in total. The van der Waals surface area contributed by atoms with Gasteiger partial charge >= 0.3 is 0 Å². The number of amides is 1. The minimum atomic E-state index is -3.64. The van der Waals surface area contributed by atoms with Crippen molar-refractivity contribution in [3.05, 3.63) is 88.4 Å². The molecule has 0 bridgehead atoms. The summed E-state index contributed by atoms with van der Waals surface area (Å²) in [7, 11) is -1.98. The average molecular weight is 568 g/mol. The summed E-state index contributed by atoms with van der Waals surface area (Å²) in [5.74, 6) is -0.249. The molecule has 0 atom stereocenters. The van der Waals surface area contributed by atoms with Gasteiger partial charge in [0, 0.05) is 23.7 Å². The van der Waals surface area contributed by atoms with Crippen molar-refractivity contribution in [3.8, 4) is 0 Å². The maximum absolute atomic E-state index is 13.8. The molecule has 5 rings (SSSR count). The molecule has 38 heavy (non-hydrogen) atoms. The number of anilines is 1. The van der Waals surface area contributed by atoms with Crippen molar-refractivity contribution in [2.24, 2.45) is 0 Å². The van der Waals surface area contributed by atoms with Gasteiger partial charge in [-0.3, -0.25) is 9.69 Å². The zero-order valence-electron chi connectivity index (χ0n) is 21.4. The lowest BCUT2D eigenvalue weighted by Crippen LogP contribution is -2.38. The second-order valence-corrected chi connectivity index (χ2v) is 13.1. The zero-order valence-corrected chi connectivity index (χ0v) is 23.8. The topological polar surface area (TPSA) is 70.6 Å². The van der Waals surface area contributed by atoms with Crippen molar-refractivity contribution in [2.45, 2.75) is 56.5 Å². The molecule has 1 fully saturated rings. The molecule has 1 heterocycles. The summed E-state index contributed by atoms with van der Waals surface area (Å²) in [5.41, 5.74) is 3.00. The number of benzene rings is 3. The predicted molar refractivity (Wildman–Crippen MR) is 155 cm³/mol. The zero-order chi connectivity index (χ0) is 26.9. The van der Waals surface area contributed by atoms with Crippen LogP contribution in [0.25, 0.3) is 10.2 Å². The third kappa shape index (κ3) is 5.36. The molecule has 1 aromatic heterocycles. The monoisotopic (exact) mass is 567 g/mol. The van der Waals surface area contributed by atoms with E-state index in [4.69, 9.17) is 16.6 Å². The Morgan fingerprint density at radius 1 is 1.00 bits per heavy atom. The third-order valence-corrected chi connectivity index (χ3v) is 10.6. The Balaban J connectivity index is 1.46. The quantitative estimate of drug-likeness (QED) is 0.240. The Hall–Kier alpha value is -2.78. The molecule has 4 aromatic rings. The Morgan fingerprint density at radius 3 is 2.37 bits per heavy atom. The number of aryl methyl sites for hydroxylation is 1. The minimum Gasteiger partial charge on any atom is -0.279 e. The van der Waals surface area contributed by atoms with E-state index in [1.165, 1.54) is 27.8 Å². The van der Waals surface area contributed by atoms with Gasteiger partial charge < -0.3 is 0 Å². The van der Waals surface area contributed by atoms with Gasteiger partial charge in [0.1, 0.15) is 0 Å². The highest BCUT2D eigenvalue weighted by Gasteiger charge is 2.29. The number of hydrogen-bond donors (Lipinski definition) is 0. The van der Waals surface area contributed by atoms with E-state index < -0.39 is 10.0 Å². The summed E-state index contributed by atoms with van der Waals surface area (Å²) in [5, 5.41) is 1.19. The molecule has 1 amide bonds. The summed E-state index contributed by atoms with van der Waals surface area (Å²) in [6, 6.07) is 19.8. The number of aromatic nitrogens is 1. The first-order chi connectivity index (χ1) is 18.3. The Morgan fingerprint density at radius 2 is 1.68 bits per heavy atom. The highest BCUT2D eigenvalue weighted by molar-refractivity contribution is 7.89. The van der Waals surface area contributed by atoms with Crippen LogP contribution >= 0.6 is 22.9 Å². The number of carbonyl (C=O) groups is 1. The molecular formula is C29H30ClN3O3S2. The van der Waals surface area contributed by atoms with Crippen molar-refractivity contribution in [1.29, 1.82) is 0 Å². The van der Waals surface area contributed by atoms with Crippen LogP contribution in [0.2, 0.25) is 5.02 Å². The van der Waals surface area contributed by atoms with Gasteiger partial charge in [-0.1, -0.05) is 72.5 Å². The van der Waals surface area contributed by atoms with Crippen molar-refractivity contribution in [3.63, 3.8) is 0 Å². The van der Waals surface area contributed by atoms with E-state index in [9.17, 15) is 13.2 Å². The van der Waals surface area contributed by atoms with Gasteiger partial charge in [-0.05, 0) is 67.3 Å². The lowest BCUT2D eigenvalue weighted by molar-refractivity contribution is 0.0985. The number of carbonyl (C=O) groups excluding carboxylic acids is 1. The van der Waals surface area contributed by atoms with Gasteiger partial charge in [-0.15, -0.1) is 0 Å². The fraction of sp³-hybridized carbons (Fsp3) is 0.310. The van der Waals surface area contributed by atoms with Gasteiger partial charge in [0.25, 0.3) is 5.91 Å². The highest BCUT2D eigenvalue weighted by atomic mass is 35.5. The molecule has 9 heteroatoms. The molecule has 0 radical (unpaired) electrons. The van der Waals surface area contributed by atoms with E-state index in [0.717, 1.165) is 53.4 Å². The normalized spacial score (nSPS) is 14.7. The van der Waals surface area contributed by atoms with E-state index >= 15 is 0 Å². The highest BCUT2D eigenvalue weighted by Crippen LogP contribution is 2.35. The van der Waals surface area contributed by atoms with Crippen molar-refractivity contribution in [2.75, 3.05) is 11.9 Å². The SMILES string of the molecule is Cc1c(Cl)ccc2sc(N(Cc3ccccc3)C(=O)c3ccc(S(=O)(=O)N(C)C4CCCCC4)cc3)nc12. The number of fused-ring (bicyclic) bond motifs is 1. The van der Waals surface area contributed by atoms with Crippen molar-refractivity contribution >= 4 is 54.2 Å². The minimum absolute atomic E-state index is 0.0208. The molecule has 0 aliphatic heterocycles. The Labute approximate surface area is 232 Å². The molecule has 0 unspecified atom stereocenters. The molecule has 3 aromatic carbocycles. The average Bonchev–Trinajstić information content (AvgIpc) is 3.39. The predicted octanol–water partition coefficient (Wildman–Crippen LogP) is 7.06. The van der Waals surface area contributed by atoms with E-state index in [1.807, 2.05) is 49.4 Å². The number of hydrogen-bond acceptors (Lipinski definition) is 5. The second-order valence-electron chi connectivity index (χ2n) is 9.73. The first-order valence-corrected chi connectivity index (χ1v) is 15.4. The molecule has 0 N–H and O–H groups in total. The first-order valence-electron chi connectivity index (χ1n) is 12.8. The van der Waals surface area contributed by atoms with Crippen LogP contribution in [0.15, 0.2) is 71.6 Å². The van der Waals surface area contributed by atoms with Crippen molar-refractivity contribution in [1.82, 2.24) is 9.29 Å². The second kappa shape index (κ2) is 11.1. The summed E-state index contributed by atoms with van der Waals surface area (Å²) < 4.78 is 29.0. The largest absolute Gasteiger partial charge is 0.279 e. The standard InChI is InChI=1S/C29H30ClN3O3S2/c1-20-25(30)17-18-26-27(20)31-29(37-26)33(19-21-9-5-3-6-10-21)28(34)22-13-15-24(16-14-22)38(35,36)32(2)23-11-7-4-8-12-23/h3,5-6,9-10,13-18,23H,4,7-8,11-12,19H2,1-2H3. The molecule has 1 saturated carbocycles. The van der Waals surface area contributed by atoms with Crippen molar-refractivity contribution < 1.29 is 13.2 Å². The smallest absolute Gasteiger partial charge is 0.260 e. The lowest BCUT2D eigenvalue weighted by atomic mass is 9.96. The van der Waals surface area contributed by atoms with E-state index in [-0.39, 0.29) is 16.8 Å². The molecule has 1 aliphatic rings. The summed E-state index contributed by atoms with van der Waals surface area (Å²) >= 11 is 7.75.